The molecule has 0 saturated carbocycles. The largest absolute Gasteiger partial charge is 0.468 e. The molecular formula is C16H22N2O3S. The maximum Gasteiger partial charge on any atom is 0.215 e. The number of sulfonamides is 1. The van der Waals surface area contributed by atoms with E-state index < -0.39 is 10.0 Å². The Bertz CT molecular complexity index is 677. The zero-order valence-corrected chi connectivity index (χ0v) is 13.9. The smallest absolute Gasteiger partial charge is 0.215 e. The fourth-order valence-corrected chi connectivity index (χ4v) is 3.32. The van der Waals surface area contributed by atoms with Crippen molar-refractivity contribution in [2.24, 2.45) is 0 Å². The average Bonchev–Trinajstić information content (AvgIpc) is 2.95. The predicted molar refractivity (Wildman–Crippen MR) is 86.9 cm³/mol. The van der Waals surface area contributed by atoms with Gasteiger partial charge in [0.05, 0.1) is 18.1 Å². The van der Waals surface area contributed by atoms with E-state index in [0.29, 0.717) is 0 Å². The second-order valence-corrected chi connectivity index (χ2v) is 7.39. The Labute approximate surface area is 132 Å². The Morgan fingerprint density at radius 3 is 2.41 bits per heavy atom. The summed E-state index contributed by atoms with van der Waals surface area (Å²) in [4.78, 5) is 1.92. The Morgan fingerprint density at radius 2 is 1.86 bits per heavy atom. The van der Waals surface area contributed by atoms with Crippen molar-refractivity contribution in [1.82, 2.24) is 9.62 Å². The van der Waals surface area contributed by atoms with Crippen molar-refractivity contribution in [3.05, 3.63) is 59.5 Å². The molecule has 1 heterocycles. The van der Waals surface area contributed by atoms with Crippen LogP contribution >= 0.6 is 0 Å². The van der Waals surface area contributed by atoms with Crippen LogP contribution in [0.3, 0.4) is 0 Å². The van der Waals surface area contributed by atoms with Gasteiger partial charge in [-0.1, -0.05) is 29.8 Å². The molecule has 0 aliphatic carbocycles. The first-order valence-corrected chi connectivity index (χ1v) is 8.75. The molecule has 6 heteroatoms. The number of rotatable bonds is 7. The molecule has 1 atom stereocenters. The van der Waals surface area contributed by atoms with E-state index in [2.05, 4.69) is 4.72 Å². The molecule has 0 saturated heterocycles. The third kappa shape index (κ3) is 4.69. The van der Waals surface area contributed by atoms with Gasteiger partial charge in [-0.25, -0.2) is 13.1 Å². The monoisotopic (exact) mass is 322 g/mol. The van der Waals surface area contributed by atoms with E-state index in [-0.39, 0.29) is 18.3 Å². The molecule has 0 aliphatic rings. The molecule has 1 N–H and O–H groups in total. The minimum Gasteiger partial charge on any atom is -0.468 e. The van der Waals surface area contributed by atoms with E-state index in [1.807, 2.05) is 56.3 Å². The second kappa shape index (κ2) is 7.09. The summed E-state index contributed by atoms with van der Waals surface area (Å²) in [5.41, 5.74) is 1.89. The third-order valence-electron chi connectivity index (χ3n) is 3.47. The summed E-state index contributed by atoms with van der Waals surface area (Å²) in [6.07, 6.45) is 1.59. The minimum absolute atomic E-state index is 0.0222. The van der Waals surface area contributed by atoms with Crippen LogP contribution in [0, 0.1) is 6.92 Å². The molecule has 2 rings (SSSR count). The number of likely N-dealkylation sites (N-methyl/N-ethyl adjacent to an activating group) is 1. The SMILES string of the molecule is Cc1ccc(CS(=O)(=O)NCC(c2ccco2)N(C)C)cc1. The molecular weight excluding hydrogens is 300 g/mol. The summed E-state index contributed by atoms with van der Waals surface area (Å²) in [5.74, 6) is 0.717. The Balaban J connectivity index is 2.00. The lowest BCUT2D eigenvalue weighted by molar-refractivity contribution is 0.259. The molecule has 1 aromatic heterocycles. The van der Waals surface area contributed by atoms with Crippen LogP contribution in [0.25, 0.3) is 0 Å². The van der Waals surface area contributed by atoms with Gasteiger partial charge in [-0.3, -0.25) is 4.90 Å². The summed E-state index contributed by atoms with van der Waals surface area (Å²) in [6.45, 7) is 2.25. The van der Waals surface area contributed by atoms with Crippen molar-refractivity contribution in [3.63, 3.8) is 0 Å². The Morgan fingerprint density at radius 1 is 1.18 bits per heavy atom. The van der Waals surface area contributed by atoms with E-state index >= 15 is 0 Å². The first-order valence-electron chi connectivity index (χ1n) is 7.10. The third-order valence-corrected chi connectivity index (χ3v) is 4.79. The fourth-order valence-electron chi connectivity index (χ4n) is 2.18. The van der Waals surface area contributed by atoms with Crippen molar-refractivity contribution < 1.29 is 12.8 Å². The number of benzene rings is 1. The van der Waals surface area contributed by atoms with Crippen molar-refractivity contribution in [3.8, 4) is 0 Å². The quantitative estimate of drug-likeness (QED) is 0.850. The molecule has 2 aromatic rings. The molecule has 5 nitrogen and oxygen atoms in total. The van der Waals surface area contributed by atoms with Gasteiger partial charge in [0, 0.05) is 6.54 Å². The van der Waals surface area contributed by atoms with Crippen molar-refractivity contribution in [2.45, 2.75) is 18.7 Å². The van der Waals surface area contributed by atoms with Gasteiger partial charge in [0.1, 0.15) is 5.76 Å². The van der Waals surface area contributed by atoms with Gasteiger partial charge in [-0.05, 0) is 38.7 Å². The van der Waals surface area contributed by atoms with Gasteiger partial charge in [-0.15, -0.1) is 0 Å². The zero-order valence-electron chi connectivity index (χ0n) is 13.1. The van der Waals surface area contributed by atoms with E-state index in [9.17, 15) is 8.42 Å². The number of aryl methyl sites for hydroxylation is 1. The van der Waals surface area contributed by atoms with Gasteiger partial charge in [-0.2, -0.15) is 0 Å². The highest BCUT2D eigenvalue weighted by molar-refractivity contribution is 7.88. The highest BCUT2D eigenvalue weighted by atomic mass is 32.2. The molecule has 0 fully saturated rings. The Hall–Kier alpha value is -1.63. The standard InChI is InChI=1S/C16H22N2O3S/c1-13-6-8-14(9-7-13)12-22(19,20)17-11-15(18(2)3)16-5-4-10-21-16/h4-10,15,17H,11-12H2,1-3H3. The number of hydrogen-bond acceptors (Lipinski definition) is 4. The van der Waals surface area contributed by atoms with Gasteiger partial charge in [0.15, 0.2) is 0 Å². The summed E-state index contributed by atoms with van der Waals surface area (Å²) < 4.78 is 32.5. The van der Waals surface area contributed by atoms with Gasteiger partial charge in [0.2, 0.25) is 10.0 Å². The van der Waals surface area contributed by atoms with E-state index in [1.165, 1.54) is 0 Å². The number of nitrogens with one attached hydrogen (secondary N) is 1. The number of nitrogens with zero attached hydrogens (tertiary/aromatic N) is 1. The molecule has 1 unspecified atom stereocenters. The van der Waals surface area contributed by atoms with Gasteiger partial charge >= 0.3 is 0 Å². The first kappa shape index (κ1) is 16.7. The van der Waals surface area contributed by atoms with E-state index in [1.54, 1.807) is 12.3 Å². The lowest BCUT2D eigenvalue weighted by Gasteiger charge is -2.22. The molecule has 0 radical (unpaired) electrons. The lowest BCUT2D eigenvalue weighted by atomic mass is 10.2. The highest BCUT2D eigenvalue weighted by Gasteiger charge is 2.20. The highest BCUT2D eigenvalue weighted by Crippen LogP contribution is 2.18. The minimum atomic E-state index is -3.39. The molecule has 0 bridgehead atoms. The number of hydrogen-bond donors (Lipinski definition) is 1. The average molecular weight is 322 g/mol. The predicted octanol–water partition coefficient (Wildman–Crippen LogP) is 2.31. The molecule has 22 heavy (non-hydrogen) atoms. The van der Waals surface area contributed by atoms with Crippen LogP contribution in [0.5, 0.6) is 0 Å². The van der Waals surface area contributed by atoms with Gasteiger partial charge in [0.25, 0.3) is 0 Å². The van der Waals surface area contributed by atoms with Crippen LogP contribution in [0.15, 0.2) is 47.1 Å². The van der Waals surface area contributed by atoms with Crippen LogP contribution < -0.4 is 4.72 Å². The van der Waals surface area contributed by atoms with E-state index in [0.717, 1.165) is 16.9 Å². The first-order chi connectivity index (χ1) is 10.4. The lowest BCUT2D eigenvalue weighted by Crippen LogP contribution is -2.35. The number of furan rings is 1. The fraction of sp³-hybridized carbons (Fsp3) is 0.375. The Kier molecular flexibility index (Phi) is 5.39. The summed E-state index contributed by atoms with van der Waals surface area (Å²) in [5, 5.41) is 0. The maximum atomic E-state index is 12.2. The molecule has 0 amide bonds. The van der Waals surface area contributed by atoms with Crippen LogP contribution in [-0.4, -0.2) is 34.0 Å². The van der Waals surface area contributed by atoms with Crippen molar-refractivity contribution in [2.75, 3.05) is 20.6 Å². The molecule has 0 aliphatic heterocycles. The van der Waals surface area contributed by atoms with Crippen LogP contribution in [0.2, 0.25) is 0 Å². The van der Waals surface area contributed by atoms with Crippen molar-refractivity contribution >= 4 is 10.0 Å². The van der Waals surface area contributed by atoms with Crippen molar-refractivity contribution in [1.29, 1.82) is 0 Å². The zero-order chi connectivity index (χ0) is 16.2. The van der Waals surface area contributed by atoms with E-state index in [4.69, 9.17) is 4.42 Å². The maximum absolute atomic E-state index is 12.2. The molecule has 120 valence electrons. The molecule has 1 aromatic carbocycles. The summed E-state index contributed by atoms with van der Waals surface area (Å²) in [6, 6.07) is 11.0. The normalized spacial score (nSPS) is 13.5. The van der Waals surface area contributed by atoms with Crippen LogP contribution in [0.1, 0.15) is 22.9 Å². The molecule has 0 spiro atoms. The summed E-state index contributed by atoms with van der Waals surface area (Å²) >= 11 is 0. The van der Waals surface area contributed by atoms with Crippen LogP contribution in [-0.2, 0) is 15.8 Å². The second-order valence-electron chi connectivity index (χ2n) is 5.59. The van der Waals surface area contributed by atoms with Gasteiger partial charge < -0.3 is 4.42 Å². The summed E-state index contributed by atoms with van der Waals surface area (Å²) in [7, 11) is 0.395. The van der Waals surface area contributed by atoms with Crippen LogP contribution in [0.4, 0.5) is 0 Å². The topological polar surface area (TPSA) is 62.6 Å².